The Bertz CT molecular complexity index is 1230. The molecule has 31 heavy (non-hydrogen) atoms. The maximum absolute atomic E-state index is 14.0. The van der Waals surface area contributed by atoms with Gasteiger partial charge >= 0.3 is 0 Å². The van der Waals surface area contributed by atoms with Gasteiger partial charge in [0.25, 0.3) is 15.9 Å². The lowest BCUT2D eigenvalue weighted by molar-refractivity contribution is 0.102. The van der Waals surface area contributed by atoms with Crippen molar-refractivity contribution in [3.8, 4) is 5.75 Å². The van der Waals surface area contributed by atoms with E-state index < -0.39 is 21.7 Å². The summed E-state index contributed by atoms with van der Waals surface area (Å²) in [5.74, 6) is -1.17. The van der Waals surface area contributed by atoms with Gasteiger partial charge in [-0.15, -0.1) is 0 Å². The fraction of sp³-hybridized carbons (Fsp3) is 0.136. The number of anilines is 2. The molecule has 3 aromatic rings. The molecule has 3 rings (SSSR count). The molecule has 0 spiro atoms. The SMILES string of the molecule is CCOc1ccc(S(=O)(=O)Nc2cc(Cl)ccc2C)cc1NC(=O)c1ccccc1F. The summed E-state index contributed by atoms with van der Waals surface area (Å²) >= 11 is 5.97. The van der Waals surface area contributed by atoms with E-state index in [4.69, 9.17) is 16.3 Å². The van der Waals surface area contributed by atoms with E-state index >= 15 is 0 Å². The summed E-state index contributed by atoms with van der Waals surface area (Å²) in [5, 5.41) is 2.91. The molecule has 0 aliphatic carbocycles. The second kappa shape index (κ2) is 9.36. The number of sulfonamides is 1. The van der Waals surface area contributed by atoms with Gasteiger partial charge in [0.15, 0.2) is 0 Å². The minimum Gasteiger partial charge on any atom is -0.492 e. The molecule has 0 fully saturated rings. The Morgan fingerprint density at radius 1 is 1.06 bits per heavy atom. The number of halogens is 2. The molecule has 0 aliphatic rings. The van der Waals surface area contributed by atoms with Gasteiger partial charge < -0.3 is 10.1 Å². The number of rotatable bonds is 7. The van der Waals surface area contributed by atoms with Crippen molar-refractivity contribution in [2.75, 3.05) is 16.6 Å². The Hall–Kier alpha value is -3.10. The fourth-order valence-corrected chi connectivity index (χ4v) is 4.12. The van der Waals surface area contributed by atoms with Crippen LogP contribution < -0.4 is 14.8 Å². The summed E-state index contributed by atoms with van der Waals surface area (Å²) in [7, 11) is -4.00. The van der Waals surface area contributed by atoms with Crippen molar-refractivity contribution in [1.82, 2.24) is 0 Å². The van der Waals surface area contributed by atoms with E-state index in [1.54, 1.807) is 26.0 Å². The predicted octanol–water partition coefficient (Wildman–Crippen LogP) is 5.24. The summed E-state index contributed by atoms with van der Waals surface area (Å²) in [6, 6.07) is 14.4. The first-order valence-electron chi connectivity index (χ1n) is 9.33. The van der Waals surface area contributed by atoms with Crippen molar-refractivity contribution in [2.45, 2.75) is 18.7 Å². The predicted molar refractivity (Wildman–Crippen MR) is 119 cm³/mol. The minimum absolute atomic E-state index is 0.0980. The number of hydrogen-bond donors (Lipinski definition) is 2. The molecule has 9 heteroatoms. The van der Waals surface area contributed by atoms with E-state index in [2.05, 4.69) is 10.0 Å². The molecule has 0 atom stereocenters. The molecule has 0 aliphatic heterocycles. The van der Waals surface area contributed by atoms with E-state index in [-0.39, 0.29) is 28.5 Å². The van der Waals surface area contributed by atoms with Gasteiger partial charge in [0.05, 0.1) is 28.4 Å². The van der Waals surface area contributed by atoms with Gasteiger partial charge in [-0.2, -0.15) is 0 Å². The second-order valence-corrected chi connectivity index (χ2v) is 8.71. The molecular formula is C22H20ClFN2O4S. The number of aryl methyl sites for hydroxylation is 1. The normalized spacial score (nSPS) is 11.1. The van der Waals surface area contributed by atoms with Crippen molar-refractivity contribution < 1.29 is 22.3 Å². The van der Waals surface area contributed by atoms with Crippen molar-refractivity contribution in [1.29, 1.82) is 0 Å². The highest BCUT2D eigenvalue weighted by Gasteiger charge is 2.20. The molecule has 3 aromatic carbocycles. The number of hydrogen-bond acceptors (Lipinski definition) is 4. The summed E-state index contributed by atoms with van der Waals surface area (Å²) < 4.78 is 47.8. The van der Waals surface area contributed by atoms with E-state index in [0.717, 1.165) is 6.07 Å². The lowest BCUT2D eigenvalue weighted by atomic mass is 10.2. The first-order chi connectivity index (χ1) is 14.7. The minimum atomic E-state index is -4.00. The molecule has 6 nitrogen and oxygen atoms in total. The Kier molecular flexibility index (Phi) is 6.82. The van der Waals surface area contributed by atoms with Crippen molar-refractivity contribution >= 4 is 38.9 Å². The lowest BCUT2D eigenvalue weighted by Gasteiger charge is -2.15. The third kappa shape index (κ3) is 5.34. The highest BCUT2D eigenvalue weighted by molar-refractivity contribution is 7.92. The summed E-state index contributed by atoms with van der Waals surface area (Å²) in [5.41, 5.74) is 0.942. The van der Waals surface area contributed by atoms with E-state index in [1.807, 2.05) is 0 Å². The molecule has 0 unspecified atom stereocenters. The van der Waals surface area contributed by atoms with Crippen molar-refractivity contribution in [2.24, 2.45) is 0 Å². The van der Waals surface area contributed by atoms with Crippen LogP contribution in [0.5, 0.6) is 5.75 Å². The largest absolute Gasteiger partial charge is 0.492 e. The highest BCUT2D eigenvalue weighted by Crippen LogP contribution is 2.30. The van der Waals surface area contributed by atoms with Gasteiger partial charge in [0.1, 0.15) is 11.6 Å². The van der Waals surface area contributed by atoms with Gasteiger partial charge in [-0.05, 0) is 61.9 Å². The van der Waals surface area contributed by atoms with Crippen LogP contribution >= 0.6 is 11.6 Å². The zero-order valence-corrected chi connectivity index (χ0v) is 18.4. The Balaban J connectivity index is 1.96. The Labute approximate surface area is 185 Å². The summed E-state index contributed by atoms with van der Waals surface area (Å²) in [6.07, 6.45) is 0. The quantitative estimate of drug-likeness (QED) is 0.503. The van der Waals surface area contributed by atoms with E-state index in [1.165, 1.54) is 42.5 Å². The van der Waals surface area contributed by atoms with Crippen LogP contribution in [0.3, 0.4) is 0 Å². The van der Waals surface area contributed by atoms with Gasteiger partial charge in [-0.25, -0.2) is 12.8 Å². The number of amides is 1. The van der Waals surface area contributed by atoms with Gasteiger partial charge in [-0.3, -0.25) is 9.52 Å². The smallest absolute Gasteiger partial charge is 0.261 e. The fourth-order valence-electron chi connectivity index (χ4n) is 2.80. The summed E-state index contributed by atoms with van der Waals surface area (Å²) in [4.78, 5) is 12.4. The molecule has 162 valence electrons. The van der Waals surface area contributed by atoms with Gasteiger partial charge in [-0.1, -0.05) is 29.8 Å². The average Bonchev–Trinajstić information content (AvgIpc) is 2.72. The first-order valence-corrected chi connectivity index (χ1v) is 11.2. The molecule has 0 saturated carbocycles. The standard InChI is InChI=1S/C22H20ClFN2O4S/c1-3-30-21-11-10-16(31(28,29)26-19-12-15(23)9-8-14(19)2)13-20(21)25-22(27)17-6-4-5-7-18(17)24/h4-13,26H,3H2,1-2H3,(H,25,27). The zero-order chi connectivity index (χ0) is 22.6. The topological polar surface area (TPSA) is 84.5 Å². The van der Waals surface area contributed by atoms with Crippen LogP contribution in [-0.2, 0) is 10.0 Å². The molecule has 0 aromatic heterocycles. The molecule has 0 radical (unpaired) electrons. The van der Waals surface area contributed by atoms with Crippen LogP contribution in [-0.4, -0.2) is 20.9 Å². The molecular weight excluding hydrogens is 443 g/mol. The second-order valence-electron chi connectivity index (χ2n) is 6.59. The third-order valence-corrected chi connectivity index (χ3v) is 5.97. The van der Waals surface area contributed by atoms with Gasteiger partial charge in [0.2, 0.25) is 0 Å². The van der Waals surface area contributed by atoms with Crippen LogP contribution in [0.4, 0.5) is 15.8 Å². The molecule has 1 amide bonds. The zero-order valence-electron chi connectivity index (χ0n) is 16.8. The number of ether oxygens (including phenoxy) is 1. The van der Waals surface area contributed by atoms with Crippen LogP contribution in [0.15, 0.2) is 65.6 Å². The monoisotopic (exact) mass is 462 g/mol. The van der Waals surface area contributed by atoms with E-state index in [0.29, 0.717) is 16.3 Å². The number of nitrogens with one attached hydrogen (secondary N) is 2. The van der Waals surface area contributed by atoms with Crippen molar-refractivity contribution in [3.63, 3.8) is 0 Å². The number of carbonyl (C=O) groups is 1. The molecule has 0 saturated heterocycles. The average molecular weight is 463 g/mol. The Morgan fingerprint density at radius 2 is 1.81 bits per heavy atom. The lowest BCUT2D eigenvalue weighted by Crippen LogP contribution is -2.17. The van der Waals surface area contributed by atoms with Gasteiger partial charge in [0, 0.05) is 5.02 Å². The third-order valence-electron chi connectivity index (χ3n) is 4.37. The maximum atomic E-state index is 14.0. The molecule has 0 bridgehead atoms. The first kappa shape index (κ1) is 22.6. The van der Waals surface area contributed by atoms with Crippen LogP contribution in [0.2, 0.25) is 5.02 Å². The summed E-state index contributed by atoms with van der Waals surface area (Å²) in [6.45, 7) is 3.78. The van der Waals surface area contributed by atoms with Crippen LogP contribution in [0.25, 0.3) is 0 Å². The maximum Gasteiger partial charge on any atom is 0.261 e. The van der Waals surface area contributed by atoms with Crippen LogP contribution in [0, 0.1) is 12.7 Å². The number of benzene rings is 3. The van der Waals surface area contributed by atoms with E-state index in [9.17, 15) is 17.6 Å². The Morgan fingerprint density at radius 3 is 2.52 bits per heavy atom. The number of carbonyl (C=O) groups excluding carboxylic acids is 1. The highest BCUT2D eigenvalue weighted by atomic mass is 35.5. The molecule has 0 heterocycles. The molecule has 2 N–H and O–H groups in total. The van der Waals surface area contributed by atoms with Crippen molar-refractivity contribution in [3.05, 3.63) is 82.6 Å². The van der Waals surface area contributed by atoms with Crippen LogP contribution in [0.1, 0.15) is 22.8 Å².